The Kier molecular flexibility index (Phi) is 6.38. The summed E-state index contributed by atoms with van der Waals surface area (Å²) >= 11 is 2.73. The Morgan fingerprint density at radius 1 is 1.03 bits per heavy atom. The van der Waals surface area contributed by atoms with Gasteiger partial charge in [0, 0.05) is 6.54 Å². The Bertz CT molecular complexity index is 1200. The number of hydrogen-bond donors (Lipinski definition) is 1. The van der Waals surface area contributed by atoms with Crippen molar-refractivity contribution in [2.24, 2.45) is 0 Å². The highest BCUT2D eigenvalue weighted by molar-refractivity contribution is 7.98. The Morgan fingerprint density at radius 2 is 1.81 bits per heavy atom. The molecule has 0 bridgehead atoms. The van der Waals surface area contributed by atoms with Gasteiger partial charge in [0.1, 0.15) is 5.01 Å². The summed E-state index contributed by atoms with van der Waals surface area (Å²) in [6.45, 7) is 6.57. The first-order valence-corrected chi connectivity index (χ1v) is 11.4. The Balaban J connectivity index is 1.37. The zero-order chi connectivity index (χ0) is 21.8. The smallest absolute Gasteiger partial charge is 0.282 e. The molecule has 0 fully saturated rings. The van der Waals surface area contributed by atoms with E-state index in [2.05, 4.69) is 44.0 Å². The van der Waals surface area contributed by atoms with Crippen LogP contribution in [0.1, 0.15) is 37.1 Å². The molecule has 1 amide bonds. The van der Waals surface area contributed by atoms with E-state index >= 15 is 0 Å². The topological polar surface area (TPSA) is 98.5 Å². The fraction of sp³-hybridized carbons (Fsp3) is 0.238. The second-order valence-corrected chi connectivity index (χ2v) is 9.13. The van der Waals surface area contributed by atoms with Crippen LogP contribution in [0, 0.1) is 20.8 Å². The predicted octanol–water partition coefficient (Wildman–Crippen LogP) is 3.66. The van der Waals surface area contributed by atoms with Crippen LogP contribution in [0.2, 0.25) is 0 Å². The molecular weight excluding hydrogens is 430 g/mol. The van der Waals surface area contributed by atoms with Crippen molar-refractivity contribution in [2.75, 3.05) is 0 Å². The highest BCUT2D eigenvalue weighted by atomic mass is 32.2. The molecule has 2 aromatic carbocycles. The van der Waals surface area contributed by atoms with Gasteiger partial charge in [-0.3, -0.25) is 4.79 Å². The monoisotopic (exact) mass is 451 g/mol. The van der Waals surface area contributed by atoms with Gasteiger partial charge < -0.3 is 5.32 Å². The summed E-state index contributed by atoms with van der Waals surface area (Å²) in [7, 11) is 0. The van der Waals surface area contributed by atoms with Gasteiger partial charge in [-0.1, -0.05) is 70.6 Å². The van der Waals surface area contributed by atoms with E-state index in [1.54, 1.807) is 4.68 Å². The lowest BCUT2D eigenvalue weighted by Gasteiger charge is -2.07. The maximum atomic E-state index is 12.4. The van der Waals surface area contributed by atoms with Gasteiger partial charge >= 0.3 is 0 Å². The molecule has 0 radical (unpaired) electrons. The summed E-state index contributed by atoms with van der Waals surface area (Å²) in [5.41, 5.74) is 5.44. The number of rotatable bonds is 7. The minimum atomic E-state index is -0.227. The van der Waals surface area contributed by atoms with E-state index in [0.717, 1.165) is 21.8 Å². The molecule has 0 atom stereocenters. The fourth-order valence-electron chi connectivity index (χ4n) is 2.96. The number of benzene rings is 2. The van der Waals surface area contributed by atoms with Crippen molar-refractivity contribution < 1.29 is 4.79 Å². The SMILES string of the molecule is Cc1ccc(CNC(=O)c2nnc(CSc3nnnn3-c3ccc(C)cc3C)s2)cc1. The van der Waals surface area contributed by atoms with Crippen molar-refractivity contribution in [1.29, 1.82) is 0 Å². The van der Waals surface area contributed by atoms with Crippen LogP contribution in [-0.4, -0.2) is 36.3 Å². The largest absolute Gasteiger partial charge is 0.346 e. The van der Waals surface area contributed by atoms with Crippen LogP contribution in [-0.2, 0) is 12.3 Å². The number of tetrazole rings is 1. The highest BCUT2D eigenvalue weighted by Gasteiger charge is 2.15. The van der Waals surface area contributed by atoms with Gasteiger partial charge in [-0.25, -0.2) is 0 Å². The third kappa shape index (κ3) is 5.15. The Morgan fingerprint density at radius 3 is 2.58 bits per heavy atom. The first kappa shape index (κ1) is 21.1. The average Bonchev–Trinajstić information content (AvgIpc) is 3.41. The maximum absolute atomic E-state index is 12.4. The van der Waals surface area contributed by atoms with Gasteiger partial charge in [0.15, 0.2) is 0 Å². The number of nitrogens with one attached hydrogen (secondary N) is 1. The molecule has 4 aromatic rings. The molecule has 0 spiro atoms. The summed E-state index contributed by atoms with van der Waals surface area (Å²) in [6, 6.07) is 14.2. The maximum Gasteiger partial charge on any atom is 0.282 e. The third-order valence-corrected chi connectivity index (χ3v) is 6.62. The summed E-state index contributed by atoms with van der Waals surface area (Å²) in [4.78, 5) is 12.4. The van der Waals surface area contributed by atoms with Crippen LogP contribution in [0.15, 0.2) is 47.6 Å². The van der Waals surface area contributed by atoms with E-state index in [9.17, 15) is 4.79 Å². The lowest BCUT2D eigenvalue weighted by molar-refractivity contribution is 0.0950. The van der Waals surface area contributed by atoms with Crippen LogP contribution in [0.3, 0.4) is 0 Å². The van der Waals surface area contributed by atoms with Crippen LogP contribution in [0.25, 0.3) is 5.69 Å². The van der Waals surface area contributed by atoms with Crippen molar-refractivity contribution in [2.45, 2.75) is 38.2 Å². The molecular formula is C21H21N7OS2. The van der Waals surface area contributed by atoms with Crippen molar-refractivity contribution in [3.63, 3.8) is 0 Å². The van der Waals surface area contributed by atoms with Gasteiger partial charge in [0.25, 0.3) is 5.91 Å². The zero-order valence-electron chi connectivity index (χ0n) is 17.4. The molecule has 8 nitrogen and oxygen atoms in total. The molecule has 0 saturated heterocycles. The molecule has 0 saturated carbocycles. The average molecular weight is 452 g/mol. The number of aryl methyl sites for hydroxylation is 3. The summed E-state index contributed by atoms with van der Waals surface area (Å²) < 4.78 is 1.72. The quantitative estimate of drug-likeness (QED) is 0.428. The van der Waals surface area contributed by atoms with Gasteiger partial charge in [-0.05, 0) is 48.4 Å². The van der Waals surface area contributed by atoms with Crippen molar-refractivity contribution in [3.8, 4) is 5.69 Å². The normalized spacial score (nSPS) is 10.9. The lowest BCUT2D eigenvalue weighted by atomic mass is 10.1. The second-order valence-electron chi connectivity index (χ2n) is 7.12. The van der Waals surface area contributed by atoms with E-state index < -0.39 is 0 Å². The first-order chi connectivity index (χ1) is 15.0. The molecule has 1 N–H and O–H groups in total. The Labute approximate surface area is 188 Å². The fourth-order valence-corrected chi connectivity index (χ4v) is 4.58. The standard InChI is InChI=1S/C21H21N7OS2/c1-13-4-7-16(8-5-13)11-22-19(29)20-24-23-18(31-20)12-30-21-25-26-27-28(21)17-9-6-14(2)10-15(17)3/h4-10H,11-12H2,1-3H3,(H,22,29). The lowest BCUT2D eigenvalue weighted by Crippen LogP contribution is -2.22. The number of nitrogens with zero attached hydrogens (tertiary/aromatic N) is 6. The molecule has 2 aromatic heterocycles. The van der Waals surface area contributed by atoms with Crippen LogP contribution in [0.4, 0.5) is 0 Å². The molecule has 0 aliphatic carbocycles. The van der Waals surface area contributed by atoms with E-state index in [-0.39, 0.29) is 5.91 Å². The number of thioether (sulfide) groups is 1. The van der Waals surface area contributed by atoms with Crippen molar-refractivity contribution in [1.82, 2.24) is 35.7 Å². The third-order valence-electron chi connectivity index (χ3n) is 4.58. The molecule has 31 heavy (non-hydrogen) atoms. The molecule has 0 aliphatic heterocycles. The van der Waals surface area contributed by atoms with Crippen molar-refractivity contribution >= 4 is 29.0 Å². The minimum Gasteiger partial charge on any atom is -0.346 e. The van der Waals surface area contributed by atoms with Gasteiger partial charge in [0.2, 0.25) is 10.2 Å². The molecule has 2 heterocycles. The number of aromatic nitrogens is 6. The number of hydrogen-bond acceptors (Lipinski definition) is 8. The van der Waals surface area contributed by atoms with Crippen LogP contribution in [0.5, 0.6) is 0 Å². The second kappa shape index (κ2) is 9.36. The molecule has 0 unspecified atom stereocenters. The molecule has 158 valence electrons. The Hall–Kier alpha value is -3.11. The predicted molar refractivity (Wildman–Crippen MR) is 120 cm³/mol. The van der Waals surface area contributed by atoms with E-state index in [0.29, 0.717) is 22.5 Å². The summed E-state index contributed by atoms with van der Waals surface area (Å²) in [5, 5.41) is 24.9. The van der Waals surface area contributed by atoms with Gasteiger partial charge in [-0.2, -0.15) is 4.68 Å². The highest BCUT2D eigenvalue weighted by Crippen LogP contribution is 2.25. The van der Waals surface area contributed by atoms with Crippen LogP contribution >= 0.6 is 23.1 Å². The van der Waals surface area contributed by atoms with Gasteiger partial charge in [0.05, 0.1) is 11.4 Å². The van der Waals surface area contributed by atoms with Crippen LogP contribution < -0.4 is 5.32 Å². The minimum absolute atomic E-state index is 0.227. The molecule has 10 heteroatoms. The van der Waals surface area contributed by atoms with E-state index in [4.69, 9.17) is 0 Å². The number of carbonyl (C=O) groups is 1. The first-order valence-electron chi connectivity index (χ1n) is 9.64. The van der Waals surface area contributed by atoms with Crippen molar-refractivity contribution in [3.05, 3.63) is 74.7 Å². The van der Waals surface area contributed by atoms with Gasteiger partial charge in [-0.15, -0.1) is 15.3 Å². The molecule has 0 aliphatic rings. The van der Waals surface area contributed by atoms with E-state index in [1.807, 2.05) is 50.2 Å². The number of carbonyl (C=O) groups excluding carboxylic acids is 1. The molecule has 4 rings (SSSR count). The zero-order valence-corrected chi connectivity index (χ0v) is 19.0. The summed E-state index contributed by atoms with van der Waals surface area (Å²) in [5.74, 6) is 0.295. The van der Waals surface area contributed by atoms with E-state index in [1.165, 1.54) is 34.2 Å². The summed E-state index contributed by atoms with van der Waals surface area (Å²) in [6.07, 6.45) is 0. The number of amides is 1.